The first-order chi connectivity index (χ1) is 17.3. The first kappa shape index (κ1) is 29.2. The van der Waals surface area contributed by atoms with Gasteiger partial charge >= 0.3 is 11.9 Å². The Balaban J connectivity index is 0.000000264. The predicted octanol–water partition coefficient (Wildman–Crippen LogP) is 6.36. The molecule has 8 heteroatoms. The molecule has 0 bridgehead atoms. The number of carboxylic acid groups (broad SMARTS) is 2. The number of halogens is 1. The number of rotatable bonds is 7. The van der Waals surface area contributed by atoms with Gasteiger partial charge in [0.05, 0.1) is 19.8 Å². The van der Waals surface area contributed by atoms with Crippen molar-refractivity contribution in [2.24, 2.45) is 0 Å². The fourth-order valence-electron chi connectivity index (χ4n) is 4.11. The van der Waals surface area contributed by atoms with Gasteiger partial charge in [-0.25, -0.2) is 14.0 Å². The maximum atomic E-state index is 12.9. The normalized spacial score (nSPS) is 10.3. The van der Waals surface area contributed by atoms with E-state index >= 15 is 0 Å². The fraction of sp³-hybridized carbons (Fsp3) is 0.310. The Morgan fingerprint density at radius 1 is 0.730 bits per heavy atom. The van der Waals surface area contributed by atoms with Gasteiger partial charge in [-0.15, -0.1) is 0 Å². The average Bonchev–Trinajstić information content (AvgIpc) is 2.84. The Morgan fingerprint density at radius 3 is 1.76 bits per heavy atom. The lowest BCUT2D eigenvalue weighted by molar-refractivity contribution is 0.0675. The molecule has 0 aromatic heterocycles. The number of hydrogen-bond donors (Lipinski definition) is 2. The van der Waals surface area contributed by atoms with E-state index in [1.165, 1.54) is 19.2 Å². The first-order valence-corrected chi connectivity index (χ1v) is 11.5. The number of aryl methyl sites for hydroxylation is 1. The first-order valence-electron chi connectivity index (χ1n) is 11.5. The third-order valence-electron chi connectivity index (χ3n) is 6.39. The second kappa shape index (κ2) is 12.3. The van der Waals surface area contributed by atoms with Gasteiger partial charge in [-0.1, -0.05) is 12.1 Å². The van der Waals surface area contributed by atoms with Crippen LogP contribution >= 0.6 is 0 Å². The Kier molecular flexibility index (Phi) is 9.66. The highest BCUT2D eigenvalue weighted by Crippen LogP contribution is 2.35. The molecule has 0 amide bonds. The number of hydrogen-bond acceptors (Lipinski definition) is 5. The van der Waals surface area contributed by atoms with Crippen LogP contribution in [0.1, 0.15) is 59.7 Å². The molecule has 198 valence electrons. The van der Waals surface area contributed by atoms with Crippen LogP contribution < -0.4 is 14.2 Å². The van der Waals surface area contributed by atoms with Crippen LogP contribution in [-0.4, -0.2) is 36.4 Å². The summed E-state index contributed by atoms with van der Waals surface area (Å²) in [7, 11) is 2.98. The number of benzene rings is 3. The number of ether oxygens (including phenoxy) is 3. The van der Waals surface area contributed by atoms with Crippen molar-refractivity contribution < 1.29 is 38.4 Å². The molecular formula is C29H33FO7. The summed E-state index contributed by atoms with van der Waals surface area (Å²) in [5, 5.41) is 18.2. The van der Waals surface area contributed by atoms with E-state index in [1.54, 1.807) is 40.0 Å². The largest absolute Gasteiger partial charge is 0.496 e. The van der Waals surface area contributed by atoms with Crippen LogP contribution in [0.3, 0.4) is 0 Å². The molecule has 37 heavy (non-hydrogen) atoms. The van der Waals surface area contributed by atoms with Gasteiger partial charge in [0.2, 0.25) is 0 Å². The number of carbonyl (C=O) groups is 2. The summed E-state index contributed by atoms with van der Waals surface area (Å²) >= 11 is 0. The van der Waals surface area contributed by atoms with E-state index in [9.17, 15) is 14.0 Å². The van der Waals surface area contributed by atoms with Crippen LogP contribution in [0.4, 0.5) is 4.39 Å². The molecule has 0 aliphatic rings. The minimum atomic E-state index is -1.12. The van der Waals surface area contributed by atoms with Crippen LogP contribution in [-0.2, 0) is 6.61 Å². The zero-order valence-electron chi connectivity index (χ0n) is 22.4. The molecule has 0 spiro atoms. The maximum Gasteiger partial charge on any atom is 0.339 e. The Morgan fingerprint density at radius 2 is 1.27 bits per heavy atom. The van der Waals surface area contributed by atoms with E-state index in [4.69, 9.17) is 24.4 Å². The number of carboxylic acids is 2. The van der Waals surface area contributed by atoms with Gasteiger partial charge in [0.1, 0.15) is 35.2 Å². The average molecular weight is 513 g/mol. The lowest BCUT2D eigenvalue weighted by atomic mass is 9.92. The number of methoxy groups -OCH3 is 2. The Bertz CT molecular complexity index is 1310. The van der Waals surface area contributed by atoms with Crippen molar-refractivity contribution in [1.29, 1.82) is 0 Å². The zero-order chi connectivity index (χ0) is 28.0. The lowest BCUT2D eigenvalue weighted by Gasteiger charge is -2.17. The van der Waals surface area contributed by atoms with Gasteiger partial charge in [-0.3, -0.25) is 0 Å². The minimum absolute atomic E-state index is 0.0208. The van der Waals surface area contributed by atoms with Crippen LogP contribution in [0.15, 0.2) is 30.3 Å². The fourth-order valence-corrected chi connectivity index (χ4v) is 4.11. The van der Waals surface area contributed by atoms with Crippen molar-refractivity contribution >= 4 is 11.9 Å². The SMILES string of the molecule is COc1c(C)c(C(=O)O)c(C)c(C)c1C(=O)O.COc1cc(C)c(C)c(OCc2ccc(F)cc2)c1C. The topological polar surface area (TPSA) is 102 Å². The second-order valence-corrected chi connectivity index (χ2v) is 8.66. The van der Waals surface area contributed by atoms with E-state index < -0.39 is 11.9 Å². The molecular weight excluding hydrogens is 479 g/mol. The van der Waals surface area contributed by atoms with Crippen LogP contribution in [0.2, 0.25) is 0 Å². The molecule has 0 aliphatic carbocycles. The highest BCUT2D eigenvalue weighted by molar-refractivity contribution is 5.99. The molecule has 0 fully saturated rings. The lowest BCUT2D eigenvalue weighted by Crippen LogP contribution is -2.12. The third kappa shape index (κ3) is 6.39. The maximum absolute atomic E-state index is 12.9. The summed E-state index contributed by atoms with van der Waals surface area (Å²) in [6.07, 6.45) is 0. The minimum Gasteiger partial charge on any atom is -0.496 e. The van der Waals surface area contributed by atoms with E-state index in [0.29, 0.717) is 23.3 Å². The molecule has 7 nitrogen and oxygen atoms in total. The van der Waals surface area contributed by atoms with Crippen molar-refractivity contribution in [2.45, 2.75) is 48.1 Å². The van der Waals surface area contributed by atoms with Gasteiger partial charge in [0.25, 0.3) is 0 Å². The molecule has 0 radical (unpaired) electrons. The highest BCUT2D eigenvalue weighted by atomic mass is 19.1. The van der Waals surface area contributed by atoms with Gasteiger partial charge in [-0.05, 0) is 87.6 Å². The van der Waals surface area contributed by atoms with Gasteiger partial charge in [-0.2, -0.15) is 0 Å². The van der Waals surface area contributed by atoms with Crippen LogP contribution in [0, 0.1) is 47.4 Å². The highest BCUT2D eigenvalue weighted by Gasteiger charge is 2.25. The molecule has 0 atom stereocenters. The predicted molar refractivity (Wildman–Crippen MR) is 139 cm³/mol. The Hall–Kier alpha value is -4.07. The van der Waals surface area contributed by atoms with Crippen molar-refractivity contribution in [3.05, 3.63) is 86.2 Å². The standard InChI is InChI=1S/C17H19FO2.C12H14O5/c1-11-9-16(19-4)13(3)17(12(11)2)20-10-14-5-7-15(18)8-6-14;1-5-6(2)9(12(15)16)10(17-4)7(3)8(5)11(13)14/h5-9H,10H2,1-4H3;1-4H3,(H,13,14)(H,15,16). The van der Waals surface area contributed by atoms with Gasteiger partial charge < -0.3 is 24.4 Å². The summed E-state index contributed by atoms with van der Waals surface area (Å²) in [6, 6.07) is 8.35. The number of aromatic carboxylic acids is 2. The van der Waals surface area contributed by atoms with E-state index in [1.807, 2.05) is 26.8 Å². The molecule has 3 rings (SSSR count). The summed E-state index contributed by atoms with van der Waals surface area (Å²) in [6.45, 7) is 11.2. The molecule has 0 heterocycles. The monoisotopic (exact) mass is 512 g/mol. The van der Waals surface area contributed by atoms with E-state index in [0.717, 1.165) is 33.8 Å². The second-order valence-electron chi connectivity index (χ2n) is 8.66. The molecule has 0 saturated heterocycles. The van der Waals surface area contributed by atoms with Gasteiger partial charge in [0, 0.05) is 11.1 Å². The third-order valence-corrected chi connectivity index (χ3v) is 6.39. The molecule has 0 unspecified atom stereocenters. The van der Waals surface area contributed by atoms with Crippen molar-refractivity contribution in [1.82, 2.24) is 0 Å². The summed E-state index contributed by atoms with van der Waals surface area (Å²) < 4.78 is 29.2. The molecule has 3 aromatic carbocycles. The van der Waals surface area contributed by atoms with Crippen molar-refractivity contribution in [3.8, 4) is 17.2 Å². The quantitative estimate of drug-likeness (QED) is 0.380. The summed E-state index contributed by atoms with van der Waals surface area (Å²) in [4.78, 5) is 22.3. The van der Waals surface area contributed by atoms with E-state index in [-0.39, 0.29) is 22.7 Å². The van der Waals surface area contributed by atoms with E-state index in [2.05, 4.69) is 0 Å². The summed E-state index contributed by atoms with van der Waals surface area (Å²) in [5.41, 5.74) is 5.47. The zero-order valence-corrected chi connectivity index (χ0v) is 22.4. The van der Waals surface area contributed by atoms with Crippen LogP contribution in [0.5, 0.6) is 17.2 Å². The van der Waals surface area contributed by atoms with Crippen molar-refractivity contribution in [3.63, 3.8) is 0 Å². The molecule has 3 aromatic rings. The van der Waals surface area contributed by atoms with Crippen LogP contribution in [0.25, 0.3) is 0 Å². The Labute approximate surface area is 216 Å². The van der Waals surface area contributed by atoms with Gasteiger partial charge in [0.15, 0.2) is 0 Å². The molecule has 0 aliphatic heterocycles. The molecule has 2 N–H and O–H groups in total. The molecule has 0 saturated carbocycles. The smallest absolute Gasteiger partial charge is 0.339 e. The summed E-state index contributed by atoms with van der Waals surface area (Å²) in [5.74, 6) is -0.675. The van der Waals surface area contributed by atoms with Crippen molar-refractivity contribution in [2.75, 3.05) is 14.2 Å².